The number of rotatable bonds is 11. The summed E-state index contributed by atoms with van der Waals surface area (Å²) in [5.74, 6) is 0.764. The van der Waals surface area contributed by atoms with Gasteiger partial charge in [-0.2, -0.15) is 0 Å². The second-order valence-corrected chi connectivity index (χ2v) is 10.7. The first-order valence-corrected chi connectivity index (χ1v) is 13.8. The third-order valence-corrected chi connectivity index (χ3v) is 7.94. The first-order chi connectivity index (χ1) is 17.4. The minimum atomic E-state index is -1.07. The molecule has 9 heteroatoms. The summed E-state index contributed by atoms with van der Waals surface area (Å²) in [6, 6.07) is 7.86. The molecule has 2 fully saturated rings. The molecule has 1 aromatic rings. The van der Waals surface area contributed by atoms with Gasteiger partial charge in [-0.3, -0.25) is 0 Å². The Morgan fingerprint density at radius 3 is 2.67 bits per heavy atom. The summed E-state index contributed by atoms with van der Waals surface area (Å²) >= 11 is 6.26. The molecule has 2 aliphatic rings. The van der Waals surface area contributed by atoms with Crippen molar-refractivity contribution in [2.24, 2.45) is 11.8 Å². The van der Waals surface area contributed by atoms with E-state index in [0.717, 1.165) is 31.4 Å². The van der Waals surface area contributed by atoms with Crippen molar-refractivity contribution in [3.05, 3.63) is 34.9 Å². The molecule has 8 nitrogen and oxygen atoms in total. The summed E-state index contributed by atoms with van der Waals surface area (Å²) in [4.78, 5) is 26.2. The Labute approximate surface area is 220 Å². The molecule has 4 atom stereocenters. The fourth-order valence-corrected chi connectivity index (χ4v) is 5.79. The van der Waals surface area contributed by atoms with Crippen molar-refractivity contribution in [1.82, 2.24) is 20.9 Å². The van der Waals surface area contributed by atoms with Crippen molar-refractivity contribution in [3.8, 4) is 0 Å². The molecule has 202 valence electrons. The number of piperidine rings is 1. The highest BCUT2D eigenvalue weighted by molar-refractivity contribution is 6.30. The second kappa shape index (κ2) is 14.6. The van der Waals surface area contributed by atoms with Crippen molar-refractivity contribution in [2.45, 2.75) is 76.5 Å². The Balaban J connectivity index is 1.65. The first kappa shape index (κ1) is 28.5. The SMILES string of the molecule is CN[C@H](C)[C@H](CC1CCCCC1)NC(=O)N1CCC[C@@H]([C@@H](OCCNC(=O)O)c2cccc(Cl)c2)C1. The normalized spacial score (nSPS) is 21.4. The van der Waals surface area contributed by atoms with Crippen molar-refractivity contribution in [1.29, 1.82) is 0 Å². The van der Waals surface area contributed by atoms with E-state index < -0.39 is 6.09 Å². The lowest BCUT2D eigenvalue weighted by atomic mass is 9.83. The number of amides is 3. The highest BCUT2D eigenvalue weighted by Crippen LogP contribution is 2.34. The van der Waals surface area contributed by atoms with E-state index in [9.17, 15) is 9.59 Å². The summed E-state index contributed by atoms with van der Waals surface area (Å²) < 4.78 is 6.19. The number of carbonyl (C=O) groups is 2. The van der Waals surface area contributed by atoms with E-state index in [2.05, 4.69) is 22.9 Å². The topological polar surface area (TPSA) is 103 Å². The van der Waals surface area contributed by atoms with Gasteiger partial charge in [-0.25, -0.2) is 9.59 Å². The molecule has 0 radical (unpaired) electrons. The van der Waals surface area contributed by atoms with Gasteiger partial charge in [-0.05, 0) is 56.8 Å². The highest BCUT2D eigenvalue weighted by Gasteiger charge is 2.33. The fourth-order valence-electron chi connectivity index (χ4n) is 5.59. The van der Waals surface area contributed by atoms with Crippen LogP contribution >= 0.6 is 11.6 Å². The van der Waals surface area contributed by atoms with Gasteiger partial charge >= 0.3 is 12.1 Å². The Morgan fingerprint density at radius 1 is 1.19 bits per heavy atom. The van der Waals surface area contributed by atoms with Crippen molar-refractivity contribution in [3.63, 3.8) is 0 Å². The number of benzene rings is 1. The molecule has 1 aliphatic carbocycles. The summed E-state index contributed by atoms with van der Waals surface area (Å²) in [6.07, 6.45) is 7.89. The zero-order valence-electron chi connectivity index (χ0n) is 21.7. The van der Waals surface area contributed by atoms with Crippen LogP contribution in [0.2, 0.25) is 5.02 Å². The van der Waals surface area contributed by atoms with Crippen molar-refractivity contribution >= 4 is 23.7 Å². The molecular weight excluding hydrogens is 480 g/mol. The minimum absolute atomic E-state index is 0.0139. The molecule has 0 aromatic heterocycles. The van der Waals surface area contributed by atoms with Crippen LogP contribution in [0.4, 0.5) is 9.59 Å². The van der Waals surface area contributed by atoms with Crippen LogP contribution in [0.3, 0.4) is 0 Å². The van der Waals surface area contributed by atoms with Crippen LogP contribution < -0.4 is 16.0 Å². The predicted molar refractivity (Wildman–Crippen MR) is 143 cm³/mol. The monoisotopic (exact) mass is 522 g/mol. The number of hydrogen-bond acceptors (Lipinski definition) is 4. The van der Waals surface area contributed by atoms with Gasteiger partial charge in [0.1, 0.15) is 0 Å². The number of nitrogens with one attached hydrogen (secondary N) is 3. The molecule has 1 saturated heterocycles. The van der Waals surface area contributed by atoms with Crippen LogP contribution in [-0.4, -0.2) is 67.5 Å². The lowest BCUT2D eigenvalue weighted by Crippen LogP contribution is -2.54. The van der Waals surface area contributed by atoms with Gasteiger partial charge < -0.3 is 30.7 Å². The highest BCUT2D eigenvalue weighted by atomic mass is 35.5. The average Bonchev–Trinajstić information content (AvgIpc) is 2.88. The molecule has 4 N–H and O–H groups in total. The molecule has 1 aromatic carbocycles. The molecule has 36 heavy (non-hydrogen) atoms. The predicted octanol–water partition coefficient (Wildman–Crippen LogP) is 5.03. The second-order valence-electron chi connectivity index (χ2n) is 10.3. The number of likely N-dealkylation sites (tertiary alicyclic amines) is 1. The number of carboxylic acid groups (broad SMARTS) is 1. The van der Waals surface area contributed by atoms with E-state index in [4.69, 9.17) is 21.4 Å². The average molecular weight is 523 g/mol. The number of urea groups is 1. The van der Waals surface area contributed by atoms with Gasteiger partial charge in [0, 0.05) is 42.7 Å². The lowest BCUT2D eigenvalue weighted by molar-refractivity contribution is -0.00857. The van der Waals surface area contributed by atoms with Crippen molar-refractivity contribution in [2.75, 3.05) is 33.3 Å². The van der Waals surface area contributed by atoms with E-state index in [0.29, 0.717) is 17.5 Å². The summed E-state index contributed by atoms with van der Waals surface area (Å²) in [6.45, 7) is 3.89. The molecular formula is C27H43ClN4O4. The van der Waals surface area contributed by atoms with Crippen molar-refractivity contribution < 1.29 is 19.4 Å². The molecule has 0 bridgehead atoms. The van der Waals surface area contributed by atoms with Gasteiger partial charge in [0.2, 0.25) is 0 Å². The summed E-state index contributed by atoms with van der Waals surface area (Å²) in [5.41, 5.74) is 0.948. The zero-order chi connectivity index (χ0) is 25.9. The lowest BCUT2D eigenvalue weighted by Gasteiger charge is -2.38. The van der Waals surface area contributed by atoms with Gasteiger partial charge in [0.15, 0.2) is 0 Å². The Kier molecular flexibility index (Phi) is 11.6. The molecule has 0 unspecified atom stereocenters. The van der Waals surface area contributed by atoms with E-state index in [1.165, 1.54) is 32.1 Å². The van der Waals surface area contributed by atoms with E-state index in [1.54, 1.807) is 0 Å². The third-order valence-electron chi connectivity index (χ3n) is 7.71. The Hall–Kier alpha value is -2.03. The van der Waals surface area contributed by atoms with Gasteiger partial charge in [-0.1, -0.05) is 55.8 Å². The smallest absolute Gasteiger partial charge is 0.404 e. The van der Waals surface area contributed by atoms with Crippen LogP contribution in [0.5, 0.6) is 0 Å². The number of ether oxygens (including phenoxy) is 1. The third kappa shape index (κ3) is 8.82. The molecule has 0 spiro atoms. The molecule has 1 saturated carbocycles. The largest absolute Gasteiger partial charge is 0.465 e. The maximum Gasteiger partial charge on any atom is 0.404 e. The Bertz CT molecular complexity index is 836. The van der Waals surface area contributed by atoms with Crippen LogP contribution in [0.25, 0.3) is 0 Å². The van der Waals surface area contributed by atoms with E-state index in [-0.39, 0.29) is 43.3 Å². The van der Waals surface area contributed by atoms with Gasteiger partial charge in [-0.15, -0.1) is 0 Å². The van der Waals surface area contributed by atoms with Crippen LogP contribution in [0.15, 0.2) is 24.3 Å². The summed E-state index contributed by atoms with van der Waals surface area (Å²) in [7, 11) is 1.95. The number of halogens is 1. The summed E-state index contributed by atoms with van der Waals surface area (Å²) in [5, 5.41) is 18.5. The van der Waals surface area contributed by atoms with Gasteiger partial charge in [0.25, 0.3) is 0 Å². The molecule has 1 aliphatic heterocycles. The van der Waals surface area contributed by atoms with E-state index in [1.807, 2.05) is 36.2 Å². The number of likely N-dealkylation sites (N-methyl/N-ethyl adjacent to an activating group) is 1. The quantitative estimate of drug-likeness (QED) is 0.305. The number of nitrogens with zero attached hydrogens (tertiary/aromatic N) is 1. The molecule has 3 rings (SSSR count). The number of carbonyl (C=O) groups excluding carboxylic acids is 1. The van der Waals surface area contributed by atoms with Crippen LogP contribution in [0.1, 0.15) is 70.0 Å². The molecule has 3 amide bonds. The van der Waals surface area contributed by atoms with Gasteiger partial charge in [0.05, 0.1) is 12.7 Å². The minimum Gasteiger partial charge on any atom is -0.465 e. The maximum atomic E-state index is 13.4. The molecule has 1 heterocycles. The standard InChI is InChI=1S/C27H43ClN4O4/c1-19(29-2)24(16-20-8-4-3-5-9-20)31-26(33)32-14-7-11-22(18-32)25(36-15-13-30-27(34)35)21-10-6-12-23(28)17-21/h6,10,12,17,19-20,22,24-25,29-30H,3-5,7-9,11,13-16,18H2,1-2H3,(H,31,33)(H,34,35)/t19-,22-,24+,25+/m1/s1. The van der Waals surface area contributed by atoms with Crippen LogP contribution in [-0.2, 0) is 4.74 Å². The zero-order valence-corrected chi connectivity index (χ0v) is 22.4. The van der Waals surface area contributed by atoms with Crippen LogP contribution in [0, 0.1) is 11.8 Å². The Morgan fingerprint density at radius 2 is 1.97 bits per heavy atom. The number of hydrogen-bond donors (Lipinski definition) is 4. The first-order valence-electron chi connectivity index (χ1n) is 13.4. The maximum absolute atomic E-state index is 13.4. The van der Waals surface area contributed by atoms with E-state index >= 15 is 0 Å². The fraction of sp³-hybridized carbons (Fsp3) is 0.704.